The molecule has 1 aromatic heterocycles. The maximum Gasteiger partial charge on any atom is 0.237 e. The first-order chi connectivity index (χ1) is 15.0. The number of nitrogens with zero attached hydrogens (tertiary/aromatic N) is 2. The molecule has 1 saturated carbocycles. The first-order valence-electron chi connectivity index (χ1n) is 10.7. The lowest BCUT2D eigenvalue weighted by atomic mass is 10.1. The average Bonchev–Trinajstić information content (AvgIpc) is 3.53. The molecule has 4 rings (SSSR count). The van der Waals surface area contributed by atoms with Crippen LogP contribution in [0.2, 0.25) is 10.0 Å². The van der Waals surface area contributed by atoms with Crippen molar-refractivity contribution < 1.29 is 4.79 Å². The molecule has 0 spiro atoms. The smallest absolute Gasteiger partial charge is 0.237 e. The molecular weight excluding hydrogens is 429 g/mol. The molecule has 1 amide bonds. The van der Waals surface area contributed by atoms with Crippen LogP contribution in [0, 0.1) is 0 Å². The summed E-state index contributed by atoms with van der Waals surface area (Å²) in [6.45, 7) is 6.13. The summed E-state index contributed by atoms with van der Waals surface area (Å²) in [7, 11) is 0. The SMILES string of the molecule is C=CCN(CC(=O)N(CCc1c[nH]c2ccccc12)Cc1ccc(Cl)c(Cl)c1)C1CC1. The fraction of sp³-hybridized carbons (Fsp3) is 0.320. The van der Waals surface area contributed by atoms with Crippen molar-refractivity contribution in [2.75, 3.05) is 19.6 Å². The van der Waals surface area contributed by atoms with Gasteiger partial charge in [-0.05, 0) is 48.6 Å². The minimum Gasteiger partial charge on any atom is -0.361 e. The van der Waals surface area contributed by atoms with Crippen LogP contribution in [0.25, 0.3) is 10.9 Å². The molecule has 1 fully saturated rings. The molecule has 0 radical (unpaired) electrons. The number of H-pyrrole nitrogens is 1. The molecule has 0 atom stereocenters. The second-order valence-corrected chi connectivity index (χ2v) is 8.94. The highest BCUT2D eigenvalue weighted by molar-refractivity contribution is 6.42. The van der Waals surface area contributed by atoms with Gasteiger partial charge in [-0.15, -0.1) is 6.58 Å². The Hall–Kier alpha value is -2.27. The predicted octanol–water partition coefficient (Wildman–Crippen LogP) is 5.70. The third-order valence-electron chi connectivity index (χ3n) is 5.80. The van der Waals surface area contributed by atoms with Gasteiger partial charge < -0.3 is 9.88 Å². The molecule has 1 aliphatic carbocycles. The van der Waals surface area contributed by atoms with E-state index < -0.39 is 0 Å². The van der Waals surface area contributed by atoms with Crippen LogP contribution in [0.15, 0.2) is 61.3 Å². The van der Waals surface area contributed by atoms with E-state index in [1.807, 2.05) is 41.4 Å². The number of nitrogens with one attached hydrogen (secondary N) is 1. The van der Waals surface area contributed by atoms with Gasteiger partial charge in [-0.1, -0.05) is 53.5 Å². The van der Waals surface area contributed by atoms with E-state index in [9.17, 15) is 4.79 Å². The molecule has 1 aliphatic rings. The fourth-order valence-electron chi connectivity index (χ4n) is 3.97. The van der Waals surface area contributed by atoms with Crippen molar-refractivity contribution in [2.45, 2.75) is 31.8 Å². The van der Waals surface area contributed by atoms with Crippen molar-refractivity contribution >= 4 is 40.0 Å². The molecule has 0 unspecified atom stereocenters. The van der Waals surface area contributed by atoms with Crippen LogP contribution in [0.4, 0.5) is 0 Å². The maximum atomic E-state index is 13.3. The van der Waals surface area contributed by atoms with Crippen molar-refractivity contribution in [3.63, 3.8) is 0 Å². The lowest BCUT2D eigenvalue weighted by molar-refractivity contribution is -0.133. The van der Waals surface area contributed by atoms with Gasteiger partial charge in [0, 0.05) is 42.8 Å². The van der Waals surface area contributed by atoms with Gasteiger partial charge in [-0.3, -0.25) is 9.69 Å². The molecular formula is C25H27Cl2N3O. The van der Waals surface area contributed by atoms with Crippen molar-refractivity contribution in [2.24, 2.45) is 0 Å². The summed E-state index contributed by atoms with van der Waals surface area (Å²) in [5, 5.41) is 2.23. The number of aromatic amines is 1. The number of benzene rings is 2. The standard InChI is InChI=1S/C25H27Cl2N3O/c1-2-12-29(20-8-9-20)17-25(31)30(16-18-7-10-22(26)23(27)14-18)13-11-19-15-28-24-6-4-3-5-21(19)24/h2-7,10,14-15,20,28H,1,8-9,11-13,16-17H2. The number of halogens is 2. The van der Waals surface area contributed by atoms with E-state index >= 15 is 0 Å². The molecule has 3 aromatic rings. The monoisotopic (exact) mass is 455 g/mol. The fourth-order valence-corrected chi connectivity index (χ4v) is 4.29. The van der Waals surface area contributed by atoms with E-state index in [1.54, 1.807) is 6.07 Å². The predicted molar refractivity (Wildman–Crippen MR) is 129 cm³/mol. The summed E-state index contributed by atoms with van der Waals surface area (Å²) in [4.78, 5) is 20.8. The zero-order valence-electron chi connectivity index (χ0n) is 17.5. The third-order valence-corrected chi connectivity index (χ3v) is 6.54. The van der Waals surface area contributed by atoms with Crippen LogP contribution in [0.5, 0.6) is 0 Å². The summed E-state index contributed by atoms with van der Waals surface area (Å²) in [6.07, 6.45) is 7.01. The summed E-state index contributed by atoms with van der Waals surface area (Å²) < 4.78 is 0. The van der Waals surface area contributed by atoms with Gasteiger partial charge in [0.2, 0.25) is 5.91 Å². The van der Waals surface area contributed by atoms with E-state index in [4.69, 9.17) is 23.2 Å². The Balaban J connectivity index is 1.51. The number of fused-ring (bicyclic) bond motifs is 1. The lowest BCUT2D eigenvalue weighted by Crippen LogP contribution is -2.42. The average molecular weight is 456 g/mol. The molecule has 4 nitrogen and oxygen atoms in total. The molecule has 31 heavy (non-hydrogen) atoms. The third kappa shape index (κ3) is 5.51. The lowest BCUT2D eigenvalue weighted by Gasteiger charge is -2.27. The molecule has 0 aliphatic heterocycles. The van der Waals surface area contributed by atoms with Crippen molar-refractivity contribution in [3.8, 4) is 0 Å². The van der Waals surface area contributed by atoms with E-state index in [2.05, 4.69) is 28.6 Å². The van der Waals surface area contributed by atoms with Crippen molar-refractivity contribution in [3.05, 3.63) is 82.5 Å². The summed E-state index contributed by atoms with van der Waals surface area (Å²) >= 11 is 12.3. The summed E-state index contributed by atoms with van der Waals surface area (Å²) in [5.41, 5.74) is 3.31. The Kier molecular flexibility index (Phi) is 7.01. The van der Waals surface area contributed by atoms with Gasteiger partial charge in [-0.25, -0.2) is 0 Å². The number of aromatic nitrogens is 1. The van der Waals surface area contributed by atoms with Crippen LogP contribution in [-0.4, -0.2) is 46.4 Å². The molecule has 0 bridgehead atoms. The molecule has 162 valence electrons. The second kappa shape index (κ2) is 9.90. The van der Waals surface area contributed by atoms with E-state index in [-0.39, 0.29) is 5.91 Å². The zero-order chi connectivity index (χ0) is 21.8. The second-order valence-electron chi connectivity index (χ2n) is 8.12. The number of para-hydroxylation sites is 1. The maximum absolute atomic E-state index is 13.3. The Morgan fingerprint density at radius 1 is 1.16 bits per heavy atom. The van der Waals surface area contributed by atoms with Crippen LogP contribution < -0.4 is 0 Å². The van der Waals surface area contributed by atoms with Crippen LogP contribution in [0.3, 0.4) is 0 Å². The summed E-state index contributed by atoms with van der Waals surface area (Å²) in [5.74, 6) is 0.125. The van der Waals surface area contributed by atoms with Gasteiger partial charge in [0.1, 0.15) is 0 Å². The molecule has 0 saturated heterocycles. The van der Waals surface area contributed by atoms with E-state index in [0.29, 0.717) is 35.7 Å². The van der Waals surface area contributed by atoms with Crippen LogP contribution in [0.1, 0.15) is 24.0 Å². The zero-order valence-corrected chi connectivity index (χ0v) is 19.0. The quantitative estimate of drug-likeness (QED) is 0.398. The number of carbonyl (C=O) groups is 1. The van der Waals surface area contributed by atoms with Gasteiger partial charge in [-0.2, -0.15) is 0 Å². The summed E-state index contributed by atoms with van der Waals surface area (Å²) in [6, 6.07) is 14.3. The highest BCUT2D eigenvalue weighted by Gasteiger charge is 2.30. The van der Waals surface area contributed by atoms with E-state index in [1.165, 1.54) is 10.9 Å². The number of rotatable bonds is 10. The Morgan fingerprint density at radius 2 is 1.97 bits per heavy atom. The highest BCUT2D eigenvalue weighted by Crippen LogP contribution is 2.27. The first kappa shape index (κ1) is 21.9. The van der Waals surface area contributed by atoms with Crippen molar-refractivity contribution in [1.82, 2.24) is 14.8 Å². The molecule has 6 heteroatoms. The van der Waals surface area contributed by atoms with E-state index in [0.717, 1.165) is 36.9 Å². The normalized spacial score (nSPS) is 13.6. The molecule has 1 heterocycles. The minimum absolute atomic E-state index is 0.125. The molecule has 1 N–H and O–H groups in total. The van der Waals surface area contributed by atoms with Crippen molar-refractivity contribution in [1.29, 1.82) is 0 Å². The molecule has 2 aromatic carbocycles. The number of hydrogen-bond donors (Lipinski definition) is 1. The number of carbonyl (C=O) groups excluding carboxylic acids is 1. The number of hydrogen-bond acceptors (Lipinski definition) is 2. The Labute approximate surface area is 193 Å². The minimum atomic E-state index is 0.125. The first-order valence-corrected chi connectivity index (χ1v) is 11.4. The van der Waals surface area contributed by atoms with Gasteiger partial charge in [0.05, 0.1) is 16.6 Å². The topological polar surface area (TPSA) is 39.3 Å². The van der Waals surface area contributed by atoms with Gasteiger partial charge in [0.15, 0.2) is 0 Å². The number of amides is 1. The highest BCUT2D eigenvalue weighted by atomic mass is 35.5. The van der Waals surface area contributed by atoms with Crippen LogP contribution in [-0.2, 0) is 17.8 Å². The van der Waals surface area contributed by atoms with Gasteiger partial charge >= 0.3 is 0 Å². The van der Waals surface area contributed by atoms with Gasteiger partial charge in [0.25, 0.3) is 0 Å². The Bertz CT molecular complexity index is 1070. The Morgan fingerprint density at radius 3 is 2.71 bits per heavy atom. The largest absolute Gasteiger partial charge is 0.361 e. The van der Waals surface area contributed by atoms with Crippen LogP contribution >= 0.6 is 23.2 Å².